The summed E-state index contributed by atoms with van der Waals surface area (Å²) in [6.45, 7) is 1.85. The monoisotopic (exact) mass is 275 g/mol. The van der Waals surface area contributed by atoms with Crippen LogP contribution in [-0.2, 0) is 6.42 Å². The molecule has 1 saturated heterocycles. The van der Waals surface area contributed by atoms with E-state index in [-0.39, 0.29) is 6.04 Å². The Morgan fingerprint density at radius 3 is 2.65 bits per heavy atom. The Labute approximate surface area is 120 Å². The van der Waals surface area contributed by atoms with Crippen molar-refractivity contribution in [3.8, 4) is 0 Å². The third-order valence-electron chi connectivity index (χ3n) is 4.55. The number of hydrogen-bond acceptors (Lipinski definition) is 5. The molecule has 20 heavy (non-hydrogen) atoms. The first kappa shape index (κ1) is 13.6. The number of rotatable bonds is 3. The van der Waals surface area contributed by atoms with Crippen LogP contribution >= 0.6 is 0 Å². The van der Waals surface area contributed by atoms with Gasteiger partial charge in [0.25, 0.3) is 0 Å². The van der Waals surface area contributed by atoms with E-state index in [1.54, 1.807) is 0 Å². The fourth-order valence-corrected chi connectivity index (χ4v) is 3.45. The first-order valence-corrected chi connectivity index (χ1v) is 7.84. The van der Waals surface area contributed by atoms with Crippen LogP contribution in [0, 0.1) is 5.92 Å². The summed E-state index contributed by atoms with van der Waals surface area (Å²) in [4.78, 5) is 11.0. The number of nitrogens with zero attached hydrogens (tertiary/aromatic N) is 3. The van der Waals surface area contributed by atoms with Crippen LogP contribution in [0.4, 0.5) is 11.8 Å². The van der Waals surface area contributed by atoms with Crippen LogP contribution in [0.3, 0.4) is 0 Å². The minimum atomic E-state index is 0.257. The van der Waals surface area contributed by atoms with Gasteiger partial charge in [0.15, 0.2) is 0 Å². The van der Waals surface area contributed by atoms with Crippen molar-refractivity contribution < 1.29 is 0 Å². The molecule has 3 rings (SSSR count). The molecule has 1 unspecified atom stereocenters. The Kier molecular flexibility index (Phi) is 4.05. The molecule has 2 fully saturated rings. The van der Waals surface area contributed by atoms with Gasteiger partial charge in [-0.25, -0.2) is 4.98 Å². The molecule has 2 heterocycles. The summed E-state index contributed by atoms with van der Waals surface area (Å²) in [6.07, 6.45) is 8.83. The van der Waals surface area contributed by atoms with Crippen molar-refractivity contribution in [2.24, 2.45) is 11.7 Å². The van der Waals surface area contributed by atoms with Gasteiger partial charge >= 0.3 is 0 Å². The average Bonchev–Trinajstić information content (AvgIpc) is 2.86. The van der Waals surface area contributed by atoms with Crippen molar-refractivity contribution >= 4 is 11.8 Å². The van der Waals surface area contributed by atoms with Crippen molar-refractivity contribution in [1.29, 1.82) is 0 Å². The lowest BCUT2D eigenvalue weighted by molar-refractivity contribution is 0.354. The molecule has 1 saturated carbocycles. The zero-order valence-electron chi connectivity index (χ0n) is 12.1. The number of nitrogen functional groups attached to an aromatic ring is 1. The summed E-state index contributed by atoms with van der Waals surface area (Å²) in [6, 6.07) is 2.37. The van der Waals surface area contributed by atoms with Crippen LogP contribution in [0.25, 0.3) is 0 Å². The van der Waals surface area contributed by atoms with Crippen molar-refractivity contribution in [3.05, 3.63) is 11.8 Å². The highest BCUT2D eigenvalue weighted by Gasteiger charge is 2.22. The van der Waals surface area contributed by atoms with E-state index in [2.05, 4.69) is 20.9 Å². The maximum absolute atomic E-state index is 5.97. The van der Waals surface area contributed by atoms with Crippen molar-refractivity contribution in [3.63, 3.8) is 0 Å². The van der Waals surface area contributed by atoms with E-state index in [0.717, 1.165) is 43.4 Å². The van der Waals surface area contributed by atoms with Gasteiger partial charge in [-0.3, -0.25) is 0 Å². The quantitative estimate of drug-likeness (QED) is 0.878. The smallest absolute Gasteiger partial charge is 0.222 e. The maximum Gasteiger partial charge on any atom is 0.222 e. The van der Waals surface area contributed by atoms with Gasteiger partial charge in [0.05, 0.1) is 0 Å². The summed E-state index contributed by atoms with van der Waals surface area (Å²) < 4.78 is 0. The second kappa shape index (κ2) is 5.95. The second-order valence-corrected chi connectivity index (χ2v) is 6.28. The van der Waals surface area contributed by atoms with E-state index >= 15 is 0 Å². The third-order valence-corrected chi connectivity index (χ3v) is 4.55. The topological polar surface area (TPSA) is 81.1 Å². The van der Waals surface area contributed by atoms with Gasteiger partial charge in [-0.1, -0.05) is 32.1 Å². The zero-order chi connectivity index (χ0) is 13.9. The summed E-state index contributed by atoms with van der Waals surface area (Å²) in [7, 11) is 0. The second-order valence-electron chi connectivity index (χ2n) is 6.28. The maximum atomic E-state index is 5.97. The molecule has 0 aromatic carbocycles. The first-order chi connectivity index (χ1) is 9.70. The van der Waals surface area contributed by atoms with Gasteiger partial charge < -0.3 is 16.4 Å². The highest BCUT2D eigenvalue weighted by atomic mass is 15.2. The molecule has 2 aliphatic rings. The van der Waals surface area contributed by atoms with Crippen molar-refractivity contribution in [1.82, 2.24) is 9.97 Å². The predicted octanol–water partition coefficient (Wildman–Crippen LogP) is 1.72. The Morgan fingerprint density at radius 1 is 1.15 bits per heavy atom. The Hall–Kier alpha value is -1.36. The third kappa shape index (κ3) is 3.20. The SMILES string of the molecule is Nc1nc(CC2CCCCC2)cc(N2CCC(N)C2)n1. The number of hydrogen-bond donors (Lipinski definition) is 2. The highest BCUT2D eigenvalue weighted by Crippen LogP contribution is 2.27. The van der Waals surface area contributed by atoms with Crippen molar-refractivity contribution in [2.75, 3.05) is 23.7 Å². The summed E-state index contributed by atoms with van der Waals surface area (Å²) in [5.41, 5.74) is 13.0. The number of anilines is 2. The van der Waals surface area contributed by atoms with E-state index in [0.29, 0.717) is 5.95 Å². The van der Waals surface area contributed by atoms with Gasteiger partial charge in [0, 0.05) is 30.9 Å². The van der Waals surface area contributed by atoms with Crippen LogP contribution in [0.5, 0.6) is 0 Å². The summed E-state index contributed by atoms with van der Waals surface area (Å²) >= 11 is 0. The molecule has 1 aliphatic heterocycles. The minimum Gasteiger partial charge on any atom is -0.368 e. The number of nitrogens with two attached hydrogens (primary N) is 2. The molecule has 1 aliphatic carbocycles. The van der Waals surface area contributed by atoms with E-state index in [9.17, 15) is 0 Å². The van der Waals surface area contributed by atoms with Gasteiger partial charge in [0.1, 0.15) is 5.82 Å². The van der Waals surface area contributed by atoms with Crippen LogP contribution < -0.4 is 16.4 Å². The number of aromatic nitrogens is 2. The molecule has 1 atom stereocenters. The molecule has 0 amide bonds. The summed E-state index contributed by atoms with van der Waals surface area (Å²) in [5.74, 6) is 2.12. The standard InChI is InChI=1S/C15H25N5/c16-12-6-7-20(10-12)14-9-13(18-15(17)19-14)8-11-4-2-1-3-5-11/h9,11-12H,1-8,10,16H2,(H2,17,18,19). The molecule has 110 valence electrons. The van der Waals surface area contributed by atoms with E-state index in [1.807, 2.05) is 0 Å². The Balaban J connectivity index is 1.72. The fourth-order valence-electron chi connectivity index (χ4n) is 3.45. The van der Waals surface area contributed by atoms with Crippen LogP contribution in [0.15, 0.2) is 6.07 Å². The van der Waals surface area contributed by atoms with Gasteiger partial charge in [-0.05, 0) is 18.8 Å². The summed E-state index contributed by atoms with van der Waals surface area (Å²) in [5, 5.41) is 0. The molecule has 0 bridgehead atoms. The van der Waals surface area contributed by atoms with Crippen LogP contribution in [0.2, 0.25) is 0 Å². The van der Waals surface area contributed by atoms with Crippen molar-refractivity contribution in [2.45, 2.75) is 51.0 Å². The lowest BCUT2D eigenvalue weighted by Crippen LogP contribution is -2.27. The van der Waals surface area contributed by atoms with Crippen LogP contribution in [0.1, 0.15) is 44.2 Å². The van der Waals surface area contributed by atoms with Crippen LogP contribution in [-0.4, -0.2) is 29.1 Å². The largest absolute Gasteiger partial charge is 0.368 e. The van der Waals surface area contributed by atoms with Gasteiger partial charge in [0.2, 0.25) is 5.95 Å². The van der Waals surface area contributed by atoms with E-state index in [4.69, 9.17) is 11.5 Å². The fraction of sp³-hybridized carbons (Fsp3) is 0.733. The van der Waals surface area contributed by atoms with E-state index < -0.39 is 0 Å². The molecule has 4 N–H and O–H groups in total. The predicted molar refractivity (Wildman–Crippen MR) is 81.5 cm³/mol. The molecule has 1 aromatic rings. The average molecular weight is 275 g/mol. The molecular formula is C15H25N5. The highest BCUT2D eigenvalue weighted by molar-refractivity contribution is 5.44. The van der Waals surface area contributed by atoms with Gasteiger partial charge in [-0.15, -0.1) is 0 Å². The Morgan fingerprint density at radius 2 is 1.95 bits per heavy atom. The zero-order valence-corrected chi connectivity index (χ0v) is 12.1. The molecule has 0 radical (unpaired) electrons. The molecule has 5 heteroatoms. The molecule has 1 aromatic heterocycles. The molecule has 0 spiro atoms. The lowest BCUT2D eigenvalue weighted by atomic mass is 9.86. The normalized spacial score (nSPS) is 24.2. The van der Waals surface area contributed by atoms with E-state index in [1.165, 1.54) is 32.1 Å². The molecule has 5 nitrogen and oxygen atoms in total. The molecular weight excluding hydrogens is 250 g/mol. The Bertz CT molecular complexity index is 456. The minimum absolute atomic E-state index is 0.257. The van der Waals surface area contributed by atoms with Gasteiger partial charge in [-0.2, -0.15) is 4.98 Å². The lowest BCUT2D eigenvalue weighted by Gasteiger charge is -2.22. The first-order valence-electron chi connectivity index (χ1n) is 7.84.